The molecule has 0 aliphatic carbocycles. The summed E-state index contributed by atoms with van der Waals surface area (Å²) in [6, 6.07) is 9.84. The van der Waals surface area contributed by atoms with E-state index < -0.39 is 6.10 Å². The molecule has 0 heterocycles. The molecule has 0 bridgehead atoms. The molecular formula is C16H18O. The number of benzene rings is 1. The highest BCUT2D eigenvalue weighted by Crippen LogP contribution is 2.01. The molecule has 0 saturated heterocycles. The number of aliphatic hydroxyl groups is 1. The first-order valence-electron chi connectivity index (χ1n) is 6.03. The van der Waals surface area contributed by atoms with Gasteiger partial charge in [0.2, 0.25) is 0 Å². The van der Waals surface area contributed by atoms with Crippen molar-refractivity contribution in [2.24, 2.45) is 0 Å². The molecule has 0 unspecified atom stereocenters. The van der Waals surface area contributed by atoms with Gasteiger partial charge in [0.1, 0.15) is 6.10 Å². The van der Waals surface area contributed by atoms with E-state index in [-0.39, 0.29) is 0 Å². The molecule has 0 spiro atoms. The molecule has 0 aliphatic rings. The number of aliphatic hydroxyl groups excluding tert-OH is 1. The lowest BCUT2D eigenvalue weighted by atomic mass is 10.1. The summed E-state index contributed by atoms with van der Waals surface area (Å²) in [5, 5.41) is 9.66. The summed E-state index contributed by atoms with van der Waals surface area (Å²) in [6.45, 7) is 2.14. The summed E-state index contributed by atoms with van der Waals surface area (Å²) in [5.74, 6) is 11.2. The zero-order chi connectivity index (χ0) is 12.3. The second-order valence-corrected chi connectivity index (χ2v) is 3.88. The minimum absolute atomic E-state index is 0.560. The maximum absolute atomic E-state index is 9.66. The number of unbranched alkanes of at least 4 members (excludes halogenated alkanes) is 2. The van der Waals surface area contributed by atoms with Gasteiger partial charge in [-0.05, 0) is 23.8 Å². The van der Waals surface area contributed by atoms with E-state index in [1.54, 1.807) is 0 Å². The van der Waals surface area contributed by atoms with Crippen LogP contribution >= 0.6 is 0 Å². The molecule has 17 heavy (non-hydrogen) atoms. The predicted octanol–water partition coefficient (Wildman–Crippen LogP) is 2.79. The van der Waals surface area contributed by atoms with Crippen LogP contribution in [-0.2, 0) is 6.42 Å². The van der Waals surface area contributed by atoms with Crippen LogP contribution in [-0.4, -0.2) is 11.2 Å². The molecular weight excluding hydrogens is 208 g/mol. The number of hydrogen-bond acceptors (Lipinski definition) is 1. The van der Waals surface area contributed by atoms with Gasteiger partial charge in [-0.1, -0.05) is 55.5 Å². The third-order valence-electron chi connectivity index (χ3n) is 2.32. The molecule has 0 fully saturated rings. The summed E-state index contributed by atoms with van der Waals surface area (Å²) < 4.78 is 0. The van der Waals surface area contributed by atoms with Crippen molar-refractivity contribution < 1.29 is 5.11 Å². The largest absolute Gasteiger partial charge is 0.380 e. The molecule has 0 radical (unpaired) electrons. The fourth-order valence-corrected chi connectivity index (χ4v) is 1.38. The van der Waals surface area contributed by atoms with Gasteiger partial charge in [-0.25, -0.2) is 0 Å². The zero-order valence-corrected chi connectivity index (χ0v) is 10.2. The zero-order valence-electron chi connectivity index (χ0n) is 10.2. The second kappa shape index (κ2) is 8.45. The van der Waals surface area contributed by atoms with Crippen LogP contribution in [0.1, 0.15) is 31.7 Å². The summed E-state index contributed by atoms with van der Waals surface area (Å²) in [6.07, 6.45) is 3.09. The Kier molecular flexibility index (Phi) is 6.64. The lowest BCUT2D eigenvalue weighted by Crippen LogP contribution is -2.06. The average Bonchev–Trinajstić information content (AvgIpc) is 2.35. The molecule has 1 aromatic carbocycles. The Hall–Kier alpha value is -1.70. The smallest absolute Gasteiger partial charge is 0.119 e. The van der Waals surface area contributed by atoms with Gasteiger partial charge in [0.15, 0.2) is 0 Å². The molecule has 0 amide bonds. The van der Waals surface area contributed by atoms with Gasteiger partial charge in [-0.3, -0.25) is 0 Å². The van der Waals surface area contributed by atoms with Gasteiger partial charge in [0, 0.05) is 12.8 Å². The quantitative estimate of drug-likeness (QED) is 0.618. The van der Waals surface area contributed by atoms with E-state index in [4.69, 9.17) is 0 Å². The fraction of sp³-hybridized carbons (Fsp3) is 0.375. The van der Waals surface area contributed by atoms with Gasteiger partial charge < -0.3 is 5.11 Å². The second-order valence-electron chi connectivity index (χ2n) is 3.88. The maximum atomic E-state index is 9.66. The first-order chi connectivity index (χ1) is 8.33. The van der Waals surface area contributed by atoms with E-state index in [1.165, 1.54) is 0 Å². The Morgan fingerprint density at radius 3 is 2.65 bits per heavy atom. The Morgan fingerprint density at radius 2 is 1.94 bits per heavy atom. The summed E-state index contributed by atoms with van der Waals surface area (Å²) in [5.41, 5.74) is 1.09. The fourth-order valence-electron chi connectivity index (χ4n) is 1.38. The van der Waals surface area contributed by atoms with Crippen LogP contribution in [0.3, 0.4) is 0 Å². The van der Waals surface area contributed by atoms with Gasteiger partial charge >= 0.3 is 0 Å². The van der Waals surface area contributed by atoms with Crippen molar-refractivity contribution in [3.63, 3.8) is 0 Å². The van der Waals surface area contributed by atoms with Crippen molar-refractivity contribution in [3.8, 4) is 23.7 Å². The number of rotatable bonds is 4. The summed E-state index contributed by atoms with van der Waals surface area (Å²) >= 11 is 0. The first-order valence-corrected chi connectivity index (χ1v) is 6.03. The van der Waals surface area contributed by atoms with E-state index in [9.17, 15) is 5.11 Å². The minimum atomic E-state index is -0.627. The Morgan fingerprint density at radius 1 is 1.18 bits per heavy atom. The molecule has 0 aromatic heterocycles. The van der Waals surface area contributed by atoms with E-state index >= 15 is 0 Å². The third kappa shape index (κ3) is 6.46. The van der Waals surface area contributed by atoms with Gasteiger partial charge in [-0.15, -0.1) is 0 Å². The van der Waals surface area contributed by atoms with Crippen molar-refractivity contribution >= 4 is 0 Å². The minimum Gasteiger partial charge on any atom is -0.380 e. The number of hydrogen-bond donors (Lipinski definition) is 1. The SMILES string of the molecule is CCCCC#CC#C[C@@H](O)Cc1ccccc1. The van der Waals surface area contributed by atoms with Crippen molar-refractivity contribution in [2.45, 2.75) is 38.7 Å². The third-order valence-corrected chi connectivity index (χ3v) is 2.32. The van der Waals surface area contributed by atoms with Crippen molar-refractivity contribution in [1.29, 1.82) is 0 Å². The normalized spacial score (nSPS) is 10.7. The van der Waals surface area contributed by atoms with Gasteiger partial charge in [0.05, 0.1) is 0 Å². The van der Waals surface area contributed by atoms with Crippen LogP contribution in [0, 0.1) is 23.7 Å². The topological polar surface area (TPSA) is 20.2 Å². The average molecular weight is 226 g/mol. The van der Waals surface area contributed by atoms with Crippen molar-refractivity contribution in [3.05, 3.63) is 35.9 Å². The maximum Gasteiger partial charge on any atom is 0.119 e. The molecule has 1 heteroatoms. The van der Waals surface area contributed by atoms with Crippen LogP contribution in [0.25, 0.3) is 0 Å². The Bertz CT molecular complexity index is 425. The van der Waals surface area contributed by atoms with Crippen LogP contribution < -0.4 is 0 Å². The predicted molar refractivity (Wildman–Crippen MR) is 71.2 cm³/mol. The van der Waals surface area contributed by atoms with E-state index in [0.717, 1.165) is 24.8 Å². The highest BCUT2D eigenvalue weighted by atomic mass is 16.3. The van der Waals surface area contributed by atoms with Crippen LogP contribution in [0.2, 0.25) is 0 Å². The monoisotopic (exact) mass is 226 g/mol. The molecule has 1 atom stereocenters. The lowest BCUT2D eigenvalue weighted by molar-refractivity contribution is 0.233. The van der Waals surface area contributed by atoms with E-state index in [1.807, 2.05) is 30.3 Å². The lowest BCUT2D eigenvalue weighted by Gasteiger charge is -2.01. The molecule has 0 aliphatic heterocycles. The van der Waals surface area contributed by atoms with Crippen LogP contribution in [0.5, 0.6) is 0 Å². The summed E-state index contributed by atoms with van der Waals surface area (Å²) in [7, 11) is 0. The van der Waals surface area contributed by atoms with Crippen molar-refractivity contribution in [1.82, 2.24) is 0 Å². The van der Waals surface area contributed by atoms with Gasteiger partial charge in [-0.2, -0.15) is 0 Å². The molecule has 1 aromatic rings. The molecule has 1 rings (SSSR count). The van der Waals surface area contributed by atoms with Crippen LogP contribution in [0.4, 0.5) is 0 Å². The molecule has 1 N–H and O–H groups in total. The Labute approximate surface area is 104 Å². The summed E-state index contributed by atoms with van der Waals surface area (Å²) in [4.78, 5) is 0. The van der Waals surface area contributed by atoms with Crippen LogP contribution in [0.15, 0.2) is 30.3 Å². The highest BCUT2D eigenvalue weighted by molar-refractivity contribution is 5.28. The highest BCUT2D eigenvalue weighted by Gasteiger charge is 1.99. The Balaban J connectivity index is 2.36. The molecule has 1 nitrogen and oxygen atoms in total. The standard InChI is InChI=1S/C16H18O/c1-2-3-4-5-6-10-13-16(17)14-15-11-8-7-9-12-15/h7-9,11-12,16-17H,2-4,14H2,1H3/t16-/m1/s1. The first kappa shape index (κ1) is 13.4. The molecule has 88 valence electrons. The van der Waals surface area contributed by atoms with E-state index in [0.29, 0.717) is 6.42 Å². The molecule has 0 saturated carbocycles. The van der Waals surface area contributed by atoms with Crippen molar-refractivity contribution in [2.75, 3.05) is 0 Å². The van der Waals surface area contributed by atoms with Gasteiger partial charge in [0.25, 0.3) is 0 Å². The van der Waals surface area contributed by atoms with E-state index in [2.05, 4.69) is 30.6 Å².